The van der Waals surface area contributed by atoms with Crippen LogP contribution in [-0.4, -0.2) is 55.6 Å². The molecule has 10 heteroatoms. The number of nitrogens with one attached hydrogen (secondary N) is 2. The maximum absolute atomic E-state index is 13.4. The highest BCUT2D eigenvalue weighted by atomic mass is 19.4. The van der Waals surface area contributed by atoms with Crippen LogP contribution >= 0.6 is 0 Å². The van der Waals surface area contributed by atoms with Crippen LogP contribution in [0.2, 0.25) is 0 Å². The van der Waals surface area contributed by atoms with Gasteiger partial charge in [0, 0.05) is 31.9 Å². The van der Waals surface area contributed by atoms with E-state index in [0.717, 1.165) is 37.8 Å². The van der Waals surface area contributed by atoms with E-state index in [1.54, 1.807) is 11.0 Å². The van der Waals surface area contributed by atoms with Gasteiger partial charge in [-0.2, -0.15) is 18.4 Å². The second kappa shape index (κ2) is 8.81. The lowest BCUT2D eigenvalue weighted by Crippen LogP contribution is -2.61. The average Bonchev–Trinajstić information content (AvgIpc) is 3.24. The van der Waals surface area contributed by atoms with Gasteiger partial charge in [0.25, 0.3) is 0 Å². The minimum Gasteiger partial charge on any atom is -0.357 e. The number of likely N-dealkylation sites (N-methyl/N-ethyl adjacent to an activating group) is 1. The number of benzene rings is 1. The molecular formula is C20H24F3N5O2. The van der Waals surface area contributed by atoms with Crippen molar-refractivity contribution in [2.75, 3.05) is 31.6 Å². The molecule has 1 aliphatic heterocycles. The van der Waals surface area contributed by atoms with Gasteiger partial charge < -0.3 is 20.4 Å². The van der Waals surface area contributed by atoms with Crippen molar-refractivity contribution in [2.45, 2.75) is 43.9 Å². The highest BCUT2D eigenvalue weighted by Gasteiger charge is 2.38. The first kappa shape index (κ1) is 21.7. The molecular weight excluding hydrogens is 399 g/mol. The first-order valence-electron chi connectivity index (χ1n) is 9.89. The number of rotatable bonds is 3. The molecule has 0 aromatic heterocycles. The second-order valence-electron chi connectivity index (χ2n) is 7.54. The zero-order valence-corrected chi connectivity index (χ0v) is 16.6. The zero-order valence-electron chi connectivity index (χ0n) is 16.6. The van der Waals surface area contributed by atoms with Crippen LogP contribution in [0, 0.1) is 11.3 Å². The Kier molecular flexibility index (Phi) is 6.39. The summed E-state index contributed by atoms with van der Waals surface area (Å²) in [4.78, 5) is 28.2. The summed E-state index contributed by atoms with van der Waals surface area (Å²) in [5.74, 6) is -0.397. The van der Waals surface area contributed by atoms with Crippen LogP contribution in [-0.2, 0) is 11.0 Å². The van der Waals surface area contributed by atoms with Gasteiger partial charge in [0.1, 0.15) is 6.04 Å². The van der Waals surface area contributed by atoms with Gasteiger partial charge in [0.05, 0.1) is 23.7 Å². The fourth-order valence-electron chi connectivity index (χ4n) is 4.05. The van der Waals surface area contributed by atoms with Gasteiger partial charge >= 0.3 is 12.2 Å². The van der Waals surface area contributed by atoms with E-state index in [2.05, 4.69) is 10.6 Å². The van der Waals surface area contributed by atoms with Crippen LogP contribution in [0.1, 0.15) is 36.8 Å². The molecule has 1 atom stereocenters. The predicted octanol–water partition coefficient (Wildman–Crippen LogP) is 2.47. The van der Waals surface area contributed by atoms with Crippen LogP contribution in [0.3, 0.4) is 0 Å². The monoisotopic (exact) mass is 423 g/mol. The van der Waals surface area contributed by atoms with Gasteiger partial charge in [0.15, 0.2) is 0 Å². The Morgan fingerprint density at radius 3 is 2.50 bits per heavy atom. The van der Waals surface area contributed by atoms with E-state index >= 15 is 0 Å². The smallest absolute Gasteiger partial charge is 0.357 e. The molecule has 2 N–H and O–H groups in total. The summed E-state index contributed by atoms with van der Waals surface area (Å²) in [6.45, 7) is 0.520. The number of alkyl halides is 3. The average molecular weight is 423 g/mol. The van der Waals surface area contributed by atoms with Crippen molar-refractivity contribution in [3.05, 3.63) is 29.3 Å². The molecule has 30 heavy (non-hydrogen) atoms. The lowest BCUT2D eigenvalue weighted by Gasteiger charge is -2.42. The molecule has 3 amide bonds. The lowest BCUT2D eigenvalue weighted by molar-refractivity contribution is -0.137. The molecule has 0 spiro atoms. The van der Waals surface area contributed by atoms with E-state index < -0.39 is 29.3 Å². The molecule has 1 unspecified atom stereocenters. The fraction of sp³-hybridized carbons (Fsp3) is 0.550. The van der Waals surface area contributed by atoms with E-state index in [9.17, 15) is 22.8 Å². The van der Waals surface area contributed by atoms with Gasteiger partial charge in [0.2, 0.25) is 5.91 Å². The van der Waals surface area contributed by atoms with Crippen molar-refractivity contribution in [1.82, 2.24) is 15.5 Å². The highest BCUT2D eigenvalue weighted by Crippen LogP contribution is 2.35. The maximum Gasteiger partial charge on any atom is 0.417 e. The molecule has 0 bridgehead atoms. The third kappa shape index (κ3) is 4.61. The number of carbonyl (C=O) groups excluding carboxylic acids is 2. The van der Waals surface area contributed by atoms with E-state index in [-0.39, 0.29) is 37.4 Å². The van der Waals surface area contributed by atoms with Crippen LogP contribution in [0.4, 0.5) is 23.7 Å². The minimum absolute atomic E-state index is 0.0551. The van der Waals surface area contributed by atoms with Crippen LogP contribution in [0.15, 0.2) is 18.2 Å². The molecule has 1 aromatic rings. The van der Waals surface area contributed by atoms with Crippen molar-refractivity contribution < 1.29 is 22.8 Å². The zero-order chi connectivity index (χ0) is 21.9. The first-order chi connectivity index (χ1) is 14.2. The summed E-state index contributed by atoms with van der Waals surface area (Å²) >= 11 is 0. The van der Waals surface area contributed by atoms with Crippen molar-refractivity contribution in [1.29, 1.82) is 5.26 Å². The number of hydrogen-bond acceptors (Lipinski definition) is 4. The molecule has 162 valence electrons. The number of halogens is 3. The lowest BCUT2D eigenvalue weighted by atomic mass is 10.0. The standard InChI is InChI=1S/C20H24F3N5O2/c1-25-18(29)17-12-27(19(30)26-14-4-2-3-5-14)8-9-28(17)15-7-6-13(11-24)16(10-15)20(21,22)23/h6-7,10,14,17H,2-5,8-9,12H2,1H3,(H,25,29)(H,26,30). The molecule has 1 saturated heterocycles. The van der Waals surface area contributed by atoms with Crippen molar-refractivity contribution in [3.8, 4) is 6.07 Å². The SMILES string of the molecule is CNC(=O)C1CN(C(=O)NC2CCCC2)CCN1c1ccc(C#N)c(C(F)(F)F)c1. The van der Waals surface area contributed by atoms with Crippen molar-refractivity contribution >= 4 is 17.6 Å². The molecule has 1 saturated carbocycles. The van der Waals surface area contributed by atoms with Gasteiger partial charge in [-0.05, 0) is 31.0 Å². The third-order valence-electron chi connectivity index (χ3n) is 5.66. The second-order valence-corrected chi connectivity index (χ2v) is 7.54. The molecule has 1 heterocycles. The van der Waals surface area contributed by atoms with Gasteiger partial charge in [-0.15, -0.1) is 0 Å². The number of urea groups is 1. The molecule has 2 fully saturated rings. The fourth-order valence-corrected chi connectivity index (χ4v) is 4.05. The third-order valence-corrected chi connectivity index (χ3v) is 5.66. The van der Waals surface area contributed by atoms with Crippen molar-refractivity contribution in [2.24, 2.45) is 0 Å². The van der Waals surface area contributed by atoms with Gasteiger partial charge in [-0.3, -0.25) is 4.79 Å². The summed E-state index contributed by atoms with van der Waals surface area (Å²) in [6.07, 6.45) is -0.696. The normalized spacial score (nSPS) is 20.0. The summed E-state index contributed by atoms with van der Waals surface area (Å²) in [5.41, 5.74) is -1.33. The molecule has 7 nitrogen and oxygen atoms in total. The van der Waals surface area contributed by atoms with Gasteiger partial charge in [-0.1, -0.05) is 12.8 Å². The Morgan fingerprint density at radius 1 is 1.20 bits per heavy atom. The molecule has 2 aliphatic rings. The Morgan fingerprint density at radius 2 is 1.90 bits per heavy atom. The van der Waals surface area contributed by atoms with Gasteiger partial charge in [-0.25, -0.2) is 4.79 Å². The number of amides is 3. The number of piperazine rings is 1. The molecule has 3 rings (SSSR count). The number of nitriles is 1. The van der Waals surface area contributed by atoms with Crippen molar-refractivity contribution in [3.63, 3.8) is 0 Å². The van der Waals surface area contributed by atoms with Crippen LogP contribution in [0.25, 0.3) is 0 Å². The predicted molar refractivity (Wildman–Crippen MR) is 104 cm³/mol. The largest absolute Gasteiger partial charge is 0.417 e. The quantitative estimate of drug-likeness (QED) is 0.782. The Bertz CT molecular complexity index is 846. The number of nitrogens with zero attached hydrogens (tertiary/aromatic N) is 3. The minimum atomic E-state index is -4.69. The molecule has 1 aliphatic carbocycles. The molecule has 0 radical (unpaired) electrons. The summed E-state index contributed by atoms with van der Waals surface area (Å²) < 4.78 is 40.1. The van der Waals surface area contributed by atoms with E-state index in [4.69, 9.17) is 5.26 Å². The number of carbonyl (C=O) groups is 2. The summed E-state index contributed by atoms with van der Waals surface area (Å²) in [7, 11) is 1.44. The summed E-state index contributed by atoms with van der Waals surface area (Å²) in [6, 6.07) is 3.98. The highest BCUT2D eigenvalue weighted by molar-refractivity contribution is 5.87. The maximum atomic E-state index is 13.4. The van der Waals surface area contributed by atoms with E-state index in [1.165, 1.54) is 18.0 Å². The van der Waals surface area contributed by atoms with E-state index in [1.807, 2.05) is 0 Å². The Labute approximate surface area is 172 Å². The Hall–Kier alpha value is -2.96. The Balaban J connectivity index is 1.82. The van der Waals surface area contributed by atoms with Crippen LogP contribution in [0.5, 0.6) is 0 Å². The number of hydrogen-bond donors (Lipinski definition) is 2. The molecule has 1 aromatic carbocycles. The topological polar surface area (TPSA) is 88.5 Å². The van der Waals surface area contributed by atoms with E-state index in [0.29, 0.717) is 0 Å². The summed E-state index contributed by atoms with van der Waals surface area (Å²) in [5, 5.41) is 14.5. The van der Waals surface area contributed by atoms with Crippen LogP contribution < -0.4 is 15.5 Å². The number of anilines is 1. The first-order valence-corrected chi connectivity index (χ1v) is 9.89.